The second-order valence-corrected chi connectivity index (χ2v) is 9.92. The van der Waals surface area contributed by atoms with Crippen LogP contribution >= 0.6 is 0 Å². The van der Waals surface area contributed by atoms with Gasteiger partial charge in [0.05, 0.1) is 23.2 Å². The fourth-order valence-electron chi connectivity index (χ4n) is 3.69. The Morgan fingerprint density at radius 3 is 2.76 bits per heavy atom. The number of hydrogen-bond acceptors (Lipinski definition) is 5. The molecule has 1 saturated heterocycles. The first-order chi connectivity index (χ1) is 13.7. The molecule has 158 valence electrons. The molecule has 0 spiro atoms. The fourth-order valence-corrected chi connectivity index (χ4v) is 5.38. The Balaban J connectivity index is 1.64. The quantitative estimate of drug-likeness (QED) is 0.689. The van der Waals surface area contributed by atoms with Crippen LogP contribution in [0.15, 0.2) is 24.3 Å². The molecular weight excluding hydrogens is 390 g/mol. The number of carbonyl (C=O) groups is 1. The van der Waals surface area contributed by atoms with Crippen LogP contribution in [-0.4, -0.2) is 54.2 Å². The maximum atomic E-state index is 12.5. The minimum absolute atomic E-state index is 0.0310. The molecule has 3 rings (SSSR count). The predicted molar refractivity (Wildman–Crippen MR) is 112 cm³/mol. The van der Waals surface area contributed by atoms with Crippen LogP contribution in [0.2, 0.25) is 0 Å². The number of sulfone groups is 1. The number of likely N-dealkylation sites (N-methyl/N-ethyl adjacent to an activating group) is 1. The summed E-state index contributed by atoms with van der Waals surface area (Å²) in [5, 5.41) is 4.57. The van der Waals surface area contributed by atoms with Crippen LogP contribution in [0.25, 0.3) is 0 Å². The summed E-state index contributed by atoms with van der Waals surface area (Å²) in [6.45, 7) is 6.29. The van der Waals surface area contributed by atoms with Gasteiger partial charge in [0.1, 0.15) is 5.75 Å². The number of amides is 1. The molecule has 0 N–H and O–H groups in total. The summed E-state index contributed by atoms with van der Waals surface area (Å²) in [6, 6.07) is 7.62. The number of ether oxygens (including phenoxy) is 1. The normalized spacial score (nSPS) is 18.0. The number of nitrogens with zero attached hydrogens (tertiary/aromatic N) is 3. The van der Waals surface area contributed by atoms with E-state index < -0.39 is 9.84 Å². The largest absolute Gasteiger partial charge is 0.484 e. The molecular formula is C21H29N3O4S. The van der Waals surface area contributed by atoms with E-state index in [1.807, 2.05) is 42.8 Å². The number of aryl methyl sites for hydroxylation is 2. The zero-order valence-electron chi connectivity index (χ0n) is 17.5. The van der Waals surface area contributed by atoms with Gasteiger partial charge in [-0.15, -0.1) is 0 Å². The molecule has 29 heavy (non-hydrogen) atoms. The van der Waals surface area contributed by atoms with Gasteiger partial charge in [-0.2, -0.15) is 5.10 Å². The predicted octanol–water partition coefficient (Wildman–Crippen LogP) is 2.46. The van der Waals surface area contributed by atoms with Gasteiger partial charge in [-0.3, -0.25) is 9.48 Å². The van der Waals surface area contributed by atoms with Crippen LogP contribution < -0.4 is 4.74 Å². The molecule has 1 amide bonds. The van der Waals surface area contributed by atoms with E-state index in [1.165, 1.54) is 0 Å². The molecule has 0 saturated carbocycles. The van der Waals surface area contributed by atoms with Crippen LogP contribution in [0, 0.1) is 13.8 Å². The highest BCUT2D eigenvalue weighted by Crippen LogP contribution is 2.27. The van der Waals surface area contributed by atoms with Gasteiger partial charge in [-0.1, -0.05) is 19.1 Å². The molecule has 1 aromatic heterocycles. The smallest absolute Gasteiger partial charge is 0.260 e. The Hall–Kier alpha value is -2.35. The third kappa shape index (κ3) is 4.98. The highest BCUT2D eigenvalue weighted by molar-refractivity contribution is 7.91. The third-order valence-electron chi connectivity index (χ3n) is 5.52. The molecule has 1 aromatic carbocycles. The van der Waals surface area contributed by atoms with Crippen molar-refractivity contribution in [2.24, 2.45) is 0 Å². The lowest BCUT2D eigenvalue weighted by Crippen LogP contribution is -2.31. The topological polar surface area (TPSA) is 81.5 Å². The zero-order valence-corrected chi connectivity index (χ0v) is 18.3. The molecule has 0 bridgehead atoms. The van der Waals surface area contributed by atoms with E-state index in [1.54, 1.807) is 11.9 Å². The van der Waals surface area contributed by atoms with E-state index in [9.17, 15) is 13.2 Å². The number of benzene rings is 1. The minimum Gasteiger partial charge on any atom is -0.484 e. The van der Waals surface area contributed by atoms with Gasteiger partial charge in [0, 0.05) is 24.8 Å². The number of aromatic nitrogens is 2. The first kappa shape index (κ1) is 21.4. The second kappa shape index (κ2) is 8.57. The van der Waals surface area contributed by atoms with Gasteiger partial charge in [0.15, 0.2) is 16.4 Å². The summed E-state index contributed by atoms with van der Waals surface area (Å²) in [4.78, 5) is 14.2. The Morgan fingerprint density at radius 1 is 1.34 bits per heavy atom. The summed E-state index contributed by atoms with van der Waals surface area (Å²) in [5.41, 5.74) is 3.86. The molecule has 1 aliphatic heterocycles. The SMILES string of the molecule is CCc1cccc(OCC(=O)N(C)Cc2c(C)nn([C@H]3CCS(=O)(=O)C3)c2C)c1. The molecule has 2 aromatic rings. The molecule has 1 fully saturated rings. The number of rotatable bonds is 7. The zero-order chi connectivity index (χ0) is 21.2. The van der Waals surface area contributed by atoms with Crippen LogP contribution in [0.4, 0.5) is 0 Å². The second-order valence-electron chi connectivity index (χ2n) is 7.69. The first-order valence-corrected chi connectivity index (χ1v) is 11.7. The highest BCUT2D eigenvalue weighted by atomic mass is 32.2. The average Bonchev–Trinajstić information content (AvgIpc) is 3.19. The molecule has 0 aliphatic carbocycles. The Labute approximate surface area is 172 Å². The van der Waals surface area contributed by atoms with Crippen molar-refractivity contribution in [3.05, 3.63) is 46.8 Å². The van der Waals surface area contributed by atoms with Gasteiger partial charge in [0.25, 0.3) is 5.91 Å². The van der Waals surface area contributed by atoms with E-state index in [0.717, 1.165) is 28.9 Å². The lowest BCUT2D eigenvalue weighted by molar-refractivity contribution is -0.132. The molecule has 1 aliphatic rings. The summed E-state index contributed by atoms with van der Waals surface area (Å²) in [6.07, 6.45) is 1.50. The Kier molecular flexibility index (Phi) is 6.31. The molecule has 7 nitrogen and oxygen atoms in total. The Bertz CT molecular complexity index is 997. The van der Waals surface area contributed by atoms with Crippen LogP contribution in [0.5, 0.6) is 5.75 Å². The summed E-state index contributed by atoms with van der Waals surface area (Å²) < 4.78 is 31.1. The summed E-state index contributed by atoms with van der Waals surface area (Å²) >= 11 is 0. The van der Waals surface area contributed by atoms with Gasteiger partial charge in [-0.25, -0.2) is 8.42 Å². The van der Waals surface area contributed by atoms with Crippen molar-refractivity contribution in [2.45, 2.75) is 46.2 Å². The number of hydrogen-bond donors (Lipinski definition) is 0. The van der Waals surface area contributed by atoms with Gasteiger partial charge in [-0.05, 0) is 44.4 Å². The van der Waals surface area contributed by atoms with Crippen molar-refractivity contribution in [1.82, 2.24) is 14.7 Å². The van der Waals surface area contributed by atoms with Gasteiger partial charge >= 0.3 is 0 Å². The molecule has 0 unspecified atom stereocenters. The maximum Gasteiger partial charge on any atom is 0.260 e. The molecule has 8 heteroatoms. The lowest BCUT2D eigenvalue weighted by atomic mass is 10.1. The minimum atomic E-state index is -2.98. The van der Waals surface area contributed by atoms with Crippen molar-refractivity contribution < 1.29 is 17.9 Å². The molecule has 2 heterocycles. The number of carbonyl (C=O) groups excluding carboxylic acids is 1. The Morgan fingerprint density at radius 2 is 2.10 bits per heavy atom. The molecule has 0 radical (unpaired) electrons. The summed E-state index contributed by atoms with van der Waals surface area (Å²) in [5.74, 6) is 0.907. The van der Waals surface area contributed by atoms with Crippen LogP contribution in [0.1, 0.15) is 41.9 Å². The van der Waals surface area contributed by atoms with Crippen molar-refractivity contribution in [3.63, 3.8) is 0 Å². The first-order valence-electron chi connectivity index (χ1n) is 9.91. The van der Waals surface area contributed by atoms with E-state index in [-0.39, 0.29) is 30.1 Å². The monoisotopic (exact) mass is 419 g/mol. The van der Waals surface area contributed by atoms with E-state index in [2.05, 4.69) is 12.0 Å². The van der Waals surface area contributed by atoms with Crippen molar-refractivity contribution in [3.8, 4) is 5.75 Å². The molecule has 1 atom stereocenters. The van der Waals surface area contributed by atoms with Gasteiger partial charge in [0.2, 0.25) is 0 Å². The average molecular weight is 420 g/mol. The van der Waals surface area contributed by atoms with Gasteiger partial charge < -0.3 is 9.64 Å². The summed E-state index contributed by atoms with van der Waals surface area (Å²) in [7, 11) is -1.24. The van der Waals surface area contributed by atoms with Crippen LogP contribution in [0.3, 0.4) is 0 Å². The van der Waals surface area contributed by atoms with Crippen molar-refractivity contribution in [1.29, 1.82) is 0 Å². The van der Waals surface area contributed by atoms with Crippen LogP contribution in [-0.2, 0) is 27.6 Å². The lowest BCUT2D eigenvalue weighted by Gasteiger charge is -2.18. The van der Waals surface area contributed by atoms with Crippen molar-refractivity contribution >= 4 is 15.7 Å². The fraction of sp³-hybridized carbons (Fsp3) is 0.524. The third-order valence-corrected chi connectivity index (χ3v) is 7.27. The van der Waals surface area contributed by atoms with E-state index >= 15 is 0 Å². The van der Waals surface area contributed by atoms with E-state index in [4.69, 9.17) is 4.74 Å². The van der Waals surface area contributed by atoms with E-state index in [0.29, 0.717) is 18.7 Å². The van der Waals surface area contributed by atoms with Crippen molar-refractivity contribution in [2.75, 3.05) is 25.2 Å². The maximum absolute atomic E-state index is 12.5. The highest BCUT2D eigenvalue weighted by Gasteiger charge is 2.31. The standard InChI is InChI=1S/C21H29N3O4S/c1-5-17-7-6-8-19(11-17)28-13-21(25)23(4)12-20-15(2)22-24(16(20)3)18-9-10-29(26,27)14-18/h6-8,11,18H,5,9-10,12-14H2,1-4H3/t18-/m0/s1.